The number of ether oxygens (including phenoxy) is 3. The van der Waals surface area contributed by atoms with Crippen molar-refractivity contribution in [2.45, 2.75) is 64.0 Å². The van der Waals surface area contributed by atoms with E-state index in [4.69, 9.17) is 19.3 Å². The first-order valence-electron chi connectivity index (χ1n) is 10.4. The third-order valence-corrected chi connectivity index (χ3v) is 6.02. The van der Waals surface area contributed by atoms with Crippen molar-refractivity contribution < 1.29 is 14.2 Å². The molecule has 1 saturated heterocycles. The highest BCUT2D eigenvalue weighted by Crippen LogP contribution is 2.28. The zero-order chi connectivity index (χ0) is 19.5. The lowest BCUT2D eigenvalue weighted by Crippen LogP contribution is -2.31. The van der Waals surface area contributed by atoms with Crippen LogP contribution in [0.4, 0.5) is 0 Å². The van der Waals surface area contributed by atoms with Crippen molar-refractivity contribution in [3.63, 3.8) is 0 Å². The van der Waals surface area contributed by atoms with Gasteiger partial charge in [0.2, 0.25) is 0 Å². The summed E-state index contributed by atoms with van der Waals surface area (Å²) in [7, 11) is 1.75. The fourth-order valence-electron chi connectivity index (χ4n) is 4.38. The second-order valence-electron chi connectivity index (χ2n) is 7.85. The Balaban J connectivity index is 1.61. The normalized spacial score (nSPS) is 23.9. The second-order valence-corrected chi connectivity index (χ2v) is 7.85. The predicted molar refractivity (Wildman–Crippen MR) is 104 cm³/mol. The molecule has 1 aliphatic heterocycles. The quantitative estimate of drug-likeness (QED) is 0.753. The van der Waals surface area contributed by atoms with E-state index < -0.39 is 0 Å². The molecule has 0 N–H and O–H groups in total. The van der Waals surface area contributed by atoms with Crippen LogP contribution in [0.25, 0.3) is 5.52 Å². The maximum Gasteiger partial charge on any atom is 0.317 e. The molecule has 2 fully saturated rings. The first-order chi connectivity index (χ1) is 13.7. The van der Waals surface area contributed by atoms with E-state index in [0.717, 1.165) is 64.2 Å². The van der Waals surface area contributed by atoms with Crippen molar-refractivity contribution in [3.8, 4) is 6.01 Å². The summed E-state index contributed by atoms with van der Waals surface area (Å²) in [6, 6.07) is 0.404. The molecule has 3 heterocycles. The fourth-order valence-corrected chi connectivity index (χ4v) is 4.38. The molecule has 2 aromatic rings. The summed E-state index contributed by atoms with van der Waals surface area (Å²) in [6.07, 6.45) is 7.61. The molecule has 2 aromatic heterocycles. The lowest BCUT2D eigenvalue weighted by atomic mass is 9.88. The maximum atomic E-state index is 13.0. The minimum atomic E-state index is -0.0913. The van der Waals surface area contributed by atoms with Crippen LogP contribution in [0.1, 0.15) is 57.2 Å². The van der Waals surface area contributed by atoms with Crippen LogP contribution in [0.3, 0.4) is 0 Å². The highest BCUT2D eigenvalue weighted by molar-refractivity contribution is 5.43. The van der Waals surface area contributed by atoms with E-state index in [1.54, 1.807) is 22.4 Å². The Labute approximate surface area is 164 Å². The van der Waals surface area contributed by atoms with Gasteiger partial charge < -0.3 is 14.2 Å². The molecule has 0 amide bonds. The molecular weight excluding hydrogens is 360 g/mol. The summed E-state index contributed by atoms with van der Waals surface area (Å²) in [5, 5.41) is 4.72. The molecule has 0 aromatic carbocycles. The smallest absolute Gasteiger partial charge is 0.317 e. The number of imidazole rings is 1. The van der Waals surface area contributed by atoms with Crippen molar-refractivity contribution in [1.29, 1.82) is 0 Å². The first-order valence-corrected chi connectivity index (χ1v) is 10.4. The molecule has 0 atom stereocenters. The van der Waals surface area contributed by atoms with Gasteiger partial charge in [-0.3, -0.25) is 9.36 Å². The monoisotopic (exact) mass is 390 g/mol. The standard InChI is InChI=1S/C20H30N4O4/c1-3-23-19(25)17-12-21-18(15-8-10-27-11-9-15)24(17)22-20(23)28-16-6-4-14(5-7-16)13-26-2/h12,14-16H,3-11,13H2,1-2H3/t14-,16-. The number of aromatic nitrogens is 4. The Morgan fingerprint density at radius 3 is 2.61 bits per heavy atom. The zero-order valence-electron chi connectivity index (χ0n) is 16.8. The molecule has 1 aliphatic carbocycles. The number of hydrogen-bond acceptors (Lipinski definition) is 6. The largest absolute Gasteiger partial charge is 0.460 e. The lowest BCUT2D eigenvalue weighted by Gasteiger charge is -2.28. The minimum absolute atomic E-state index is 0.0882. The molecule has 8 nitrogen and oxygen atoms in total. The molecular formula is C20H30N4O4. The van der Waals surface area contributed by atoms with E-state index in [1.165, 1.54) is 0 Å². The van der Waals surface area contributed by atoms with E-state index in [1.807, 2.05) is 6.92 Å². The van der Waals surface area contributed by atoms with Gasteiger partial charge >= 0.3 is 6.01 Å². The highest BCUT2D eigenvalue weighted by Gasteiger charge is 2.26. The average molecular weight is 390 g/mol. The van der Waals surface area contributed by atoms with Gasteiger partial charge in [-0.2, -0.15) is 0 Å². The van der Waals surface area contributed by atoms with Crippen molar-refractivity contribution in [1.82, 2.24) is 19.2 Å². The molecule has 28 heavy (non-hydrogen) atoms. The van der Waals surface area contributed by atoms with Crippen LogP contribution in [0.2, 0.25) is 0 Å². The third kappa shape index (κ3) is 3.80. The molecule has 4 rings (SSSR count). The van der Waals surface area contributed by atoms with Crippen LogP contribution < -0.4 is 10.3 Å². The van der Waals surface area contributed by atoms with Gasteiger partial charge in [0.05, 0.1) is 6.20 Å². The number of nitrogens with zero attached hydrogens (tertiary/aromatic N) is 4. The Bertz CT molecular complexity index is 848. The summed E-state index contributed by atoms with van der Waals surface area (Å²) in [5.41, 5.74) is 0.422. The lowest BCUT2D eigenvalue weighted by molar-refractivity contribution is 0.0744. The Morgan fingerprint density at radius 1 is 1.18 bits per heavy atom. The number of rotatable bonds is 6. The molecule has 0 spiro atoms. The van der Waals surface area contributed by atoms with Crippen molar-refractivity contribution in [3.05, 3.63) is 22.4 Å². The first kappa shape index (κ1) is 19.4. The summed E-state index contributed by atoms with van der Waals surface area (Å²) >= 11 is 0. The van der Waals surface area contributed by atoms with Crippen LogP contribution in [0.5, 0.6) is 6.01 Å². The third-order valence-electron chi connectivity index (χ3n) is 6.02. The molecule has 154 valence electrons. The average Bonchev–Trinajstić information content (AvgIpc) is 3.15. The van der Waals surface area contributed by atoms with Gasteiger partial charge in [-0.25, -0.2) is 9.50 Å². The second kappa shape index (κ2) is 8.61. The summed E-state index contributed by atoms with van der Waals surface area (Å²) < 4.78 is 20.3. The van der Waals surface area contributed by atoms with Gasteiger partial charge in [-0.05, 0) is 51.4 Å². The molecule has 0 unspecified atom stereocenters. The topological polar surface area (TPSA) is 79.9 Å². The van der Waals surface area contributed by atoms with Gasteiger partial charge in [-0.1, -0.05) is 0 Å². The van der Waals surface area contributed by atoms with Gasteiger partial charge in [0.1, 0.15) is 11.9 Å². The molecule has 8 heteroatoms. The Hall–Kier alpha value is -1.93. The van der Waals surface area contributed by atoms with Gasteiger partial charge in [0.15, 0.2) is 5.52 Å². The van der Waals surface area contributed by atoms with Crippen molar-refractivity contribution in [2.75, 3.05) is 26.9 Å². The van der Waals surface area contributed by atoms with E-state index in [0.29, 0.717) is 24.0 Å². The maximum absolute atomic E-state index is 13.0. The fraction of sp³-hybridized carbons (Fsp3) is 0.750. The predicted octanol–water partition coefficient (Wildman–Crippen LogP) is 2.39. The van der Waals surface area contributed by atoms with E-state index >= 15 is 0 Å². The van der Waals surface area contributed by atoms with E-state index in [2.05, 4.69) is 4.98 Å². The van der Waals surface area contributed by atoms with Gasteiger partial charge in [0.25, 0.3) is 5.56 Å². The molecule has 0 radical (unpaired) electrons. The van der Waals surface area contributed by atoms with Crippen LogP contribution in [-0.2, 0) is 16.0 Å². The summed E-state index contributed by atoms with van der Waals surface area (Å²) in [4.78, 5) is 17.5. The van der Waals surface area contributed by atoms with Crippen molar-refractivity contribution in [2.24, 2.45) is 5.92 Å². The highest BCUT2D eigenvalue weighted by atomic mass is 16.5. The van der Waals surface area contributed by atoms with Crippen molar-refractivity contribution >= 4 is 5.52 Å². The van der Waals surface area contributed by atoms with Gasteiger partial charge in [-0.15, -0.1) is 5.10 Å². The summed E-state index contributed by atoms with van der Waals surface area (Å²) in [5.74, 6) is 1.70. The van der Waals surface area contributed by atoms with Crippen LogP contribution in [-0.4, -0.2) is 52.2 Å². The number of methoxy groups -OCH3 is 1. The van der Waals surface area contributed by atoms with E-state index in [-0.39, 0.29) is 17.6 Å². The zero-order valence-corrected chi connectivity index (χ0v) is 16.8. The summed E-state index contributed by atoms with van der Waals surface area (Å²) in [6.45, 7) is 4.71. The minimum Gasteiger partial charge on any atom is -0.460 e. The van der Waals surface area contributed by atoms with Crippen LogP contribution >= 0.6 is 0 Å². The molecule has 2 aliphatic rings. The van der Waals surface area contributed by atoms with Crippen LogP contribution in [0.15, 0.2) is 11.0 Å². The van der Waals surface area contributed by atoms with Crippen LogP contribution in [0, 0.1) is 5.92 Å². The SMILES string of the molecule is CCn1c(O[C@H]2CC[C@H](COC)CC2)nn2c(C3CCOCC3)ncc2c1=O. The van der Waals surface area contributed by atoms with Gasteiger partial charge in [0, 0.05) is 39.4 Å². The Morgan fingerprint density at radius 2 is 1.93 bits per heavy atom. The number of hydrogen-bond donors (Lipinski definition) is 0. The molecule has 1 saturated carbocycles. The Kier molecular flexibility index (Phi) is 5.96. The molecule has 0 bridgehead atoms. The van der Waals surface area contributed by atoms with E-state index in [9.17, 15) is 4.79 Å². The number of fused-ring (bicyclic) bond motifs is 1.